The summed E-state index contributed by atoms with van der Waals surface area (Å²) in [5.74, 6) is -0.448. The van der Waals surface area contributed by atoms with Crippen molar-refractivity contribution >= 4 is 5.97 Å². The van der Waals surface area contributed by atoms with Gasteiger partial charge in [-0.1, -0.05) is 0 Å². The lowest BCUT2D eigenvalue weighted by Crippen LogP contribution is -2.57. The zero-order valence-corrected chi connectivity index (χ0v) is 6.52. The monoisotopic (exact) mass is 161 g/mol. The van der Waals surface area contributed by atoms with Crippen LogP contribution in [0, 0.1) is 0 Å². The number of ether oxygens (including phenoxy) is 1. The van der Waals surface area contributed by atoms with Gasteiger partial charge in [0.25, 0.3) is 0 Å². The summed E-state index contributed by atoms with van der Waals surface area (Å²) < 4.78 is 17.7. The second-order valence-electron chi connectivity index (χ2n) is 2.74. The van der Waals surface area contributed by atoms with Gasteiger partial charge in [0.1, 0.15) is 5.67 Å². The van der Waals surface area contributed by atoms with Crippen molar-refractivity contribution in [3.63, 3.8) is 0 Å². The summed E-state index contributed by atoms with van der Waals surface area (Å²) in [4.78, 5) is 10.8. The number of hydrogen-bond donors (Lipinski definition) is 1. The Balaban J connectivity index is 2.23. The largest absolute Gasteiger partial charge is 0.466 e. The van der Waals surface area contributed by atoms with E-state index in [-0.39, 0.29) is 19.5 Å². The second-order valence-corrected chi connectivity index (χ2v) is 2.74. The Morgan fingerprint density at radius 1 is 1.73 bits per heavy atom. The normalized spacial score (nSPS) is 20.5. The average molecular weight is 161 g/mol. The third-order valence-corrected chi connectivity index (χ3v) is 1.65. The molecule has 0 aromatic carbocycles. The molecule has 0 aromatic rings. The molecular formula is C7H12FNO2. The smallest absolute Gasteiger partial charge is 0.309 e. The molecule has 1 heterocycles. The van der Waals surface area contributed by atoms with Crippen LogP contribution in [0.2, 0.25) is 0 Å². The topological polar surface area (TPSA) is 38.3 Å². The van der Waals surface area contributed by atoms with Gasteiger partial charge in [-0.25, -0.2) is 4.39 Å². The first-order valence-electron chi connectivity index (χ1n) is 3.71. The molecule has 0 saturated carbocycles. The maximum absolute atomic E-state index is 13.1. The Morgan fingerprint density at radius 3 is 2.73 bits per heavy atom. The van der Waals surface area contributed by atoms with Crippen molar-refractivity contribution in [1.29, 1.82) is 0 Å². The Kier molecular flexibility index (Phi) is 2.44. The number of alkyl halides is 1. The fourth-order valence-electron chi connectivity index (χ4n) is 0.992. The van der Waals surface area contributed by atoms with Gasteiger partial charge in [0.05, 0.1) is 13.0 Å². The second kappa shape index (κ2) is 3.17. The van der Waals surface area contributed by atoms with E-state index in [1.54, 1.807) is 6.92 Å². The van der Waals surface area contributed by atoms with Gasteiger partial charge in [0, 0.05) is 13.1 Å². The molecule has 64 valence electrons. The van der Waals surface area contributed by atoms with Gasteiger partial charge in [-0.05, 0) is 6.92 Å². The van der Waals surface area contributed by atoms with E-state index in [1.165, 1.54) is 0 Å². The Labute approximate surface area is 64.9 Å². The number of esters is 1. The van der Waals surface area contributed by atoms with Gasteiger partial charge in [-0.3, -0.25) is 4.79 Å². The molecule has 1 aliphatic heterocycles. The highest BCUT2D eigenvalue weighted by atomic mass is 19.1. The summed E-state index contributed by atoms with van der Waals surface area (Å²) in [7, 11) is 0. The molecule has 4 heteroatoms. The number of carbonyl (C=O) groups excluding carboxylic acids is 1. The minimum Gasteiger partial charge on any atom is -0.466 e. The third kappa shape index (κ3) is 2.15. The predicted molar refractivity (Wildman–Crippen MR) is 38.0 cm³/mol. The minimum atomic E-state index is -1.34. The van der Waals surface area contributed by atoms with Crippen molar-refractivity contribution in [2.45, 2.75) is 19.0 Å². The van der Waals surface area contributed by atoms with Gasteiger partial charge in [-0.2, -0.15) is 0 Å². The van der Waals surface area contributed by atoms with Crippen molar-refractivity contribution in [3.05, 3.63) is 0 Å². The molecule has 1 fully saturated rings. The van der Waals surface area contributed by atoms with Crippen molar-refractivity contribution in [2.75, 3.05) is 19.7 Å². The lowest BCUT2D eigenvalue weighted by Gasteiger charge is -2.33. The van der Waals surface area contributed by atoms with Gasteiger partial charge >= 0.3 is 5.97 Å². The van der Waals surface area contributed by atoms with Crippen molar-refractivity contribution < 1.29 is 13.9 Å². The van der Waals surface area contributed by atoms with Crippen LogP contribution >= 0.6 is 0 Å². The maximum atomic E-state index is 13.1. The molecule has 1 aliphatic rings. The van der Waals surface area contributed by atoms with E-state index >= 15 is 0 Å². The number of carbonyl (C=O) groups is 1. The molecule has 0 radical (unpaired) electrons. The summed E-state index contributed by atoms with van der Waals surface area (Å²) in [6.07, 6.45) is -0.117. The number of nitrogens with one attached hydrogen (secondary N) is 1. The molecule has 3 nitrogen and oxygen atoms in total. The number of hydrogen-bond acceptors (Lipinski definition) is 3. The highest BCUT2D eigenvalue weighted by molar-refractivity contribution is 5.71. The standard InChI is InChI=1S/C7H12FNO2/c1-2-11-6(10)3-7(8)4-9-5-7/h9H,2-5H2,1H3. The molecule has 0 spiro atoms. The summed E-state index contributed by atoms with van der Waals surface area (Å²) in [5.41, 5.74) is -1.34. The van der Waals surface area contributed by atoms with Crippen LogP contribution < -0.4 is 5.32 Å². The van der Waals surface area contributed by atoms with E-state index in [0.29, 0.717) is 6.61 Å². The SMILES string of the molecule is CCOC(=O)CC1(F)CNC1. The minimum absolute atomic E-state index is 0.117. The lowest BCUT2D eigenvalue weighted by atomic mass is 9.96. The average Bonchev–Trinajstić information content (AvgIpc) is 1.85. The van der Waals surface area contributed by atoms with Crippen molar-refractivity contribution in [2.24, 2.45) is 0 Å². The quantitative estimate of drug-likeness (QED) is 0.603. The zero-order valence-electron chi connectivity index (χ0n) is 6.52. The lowest BCUT2D eigenvalue weighted by molar-refractivity contribution is -0.147. The van der Waals surface area contributed by atoms with Crippen LogP contribution in [-0.4, -0.2) is 31.3 Å². The van der Waals surface area contributed by atoms with E-state index < -0.39 is 11.6 Å². The summed E-state index contributed by atoms with van der Waals surface area (Å²) in [5, 5.41) is 2.77. The van der Waals surface area contributed by atoms with Crippen LogP contribution in [0.25, 0.3) is 0 Å². The Morgan fingerprint density at radius 2 is 2.36 bits per heavy atom. The van der Waals surface area contributed by atoms with Crippen LogP contribution in [0.15, 0.2) is 0 Å². The molecule has 0 atom stereocenters. The molecule has 1 saturated heterocycles. The first-order chi connectivity index (χ1) is 5.16. The zero-order chi connectivity index (χ0) is 8.32. The third-order valence-electron chi connectivity index (χ3n) is 1.65. The molecule has 1 rings (SSSR count). The first kappa shape index (κ1) is 8.46. The Bertz CT molecular complexity index is 157. The summed E-state index contributed by atoms with van der Waals surface area (Å²) >= 11 is 0. The van der Waals surface area contributed by atoms with Crippen molar-refractivity contribution in [1.82, 2.24) is 5.32 Å². The van der Waals surface area contributed by atoms with Crippen LogP contribution in [0.3, 0.4) is 0 Å². The molecular weight excluding hydrogens is 149 g/mol. The fourth-order valence-corrected chi connectivity index (χ4v) is 0.992. The molecule has 0 aliphatic carbocycles. The van der Waals surface area contributed by atoms with E-state index in [2.05, 4.69) is 10.1 Å². The van der Waals surface area contributed by atoms with Gasteiger partial charge in [0.15, 0.2) is 0 Å². The van der Waals surface area contributed by atoms with Crippen LogP contribution in [0.1, 0.15) is 13.3 Å². The highest BCUT2D eigenvalue weighted by Gasteiger charge is 2.39. The van der Waals surface area contributed by atoms with Crippen LogP contribution in [0.4, 0.5) is 4.39 Å². The van der Waals surface area contributed by atoms with Crippen LogP contribution in [0.5, 0.6) is 0 Å². The molecule has 11 heavy (non-hydrogen) atoms. The van der Waals surface area contributed by atoms with E-state index in [1.807, 2.05) is 0 Å². The number of halogens is 1. The maximum Gasteiger partial charge on any atom is 0.309 e. The molecule has 1 N–H and O–H groups in total. The molecule has 0 unspecified atom stereocenters. The van der Waals surface area contributed by atoms with E-state index in [9.17, 15) is 9.18 Å². The van der Waals surface area contributed by atoms with Crippen molar-refractivity contribution in [3.8, 4) is 0 Å². The van der Waals surface area contributed by atoms with Gasteiger partial charge in [0.2, 0.25) is 0 Å². The van der Waals surface area contributed by atoms with Crippen LogP contribution in [-0.2, 0) is 9.53 Å². The number of rotatable bonds is 3. The van der Waals surface area contributed by atoms with E-state index in [4.69, 9.17) is 0 Å². The fraction of sp³-hybridized carbons (Fsp3) is 0.857. The molecule has 0 amide bonds. The summed E-state index contributed by atoms with van der Waals surface area (Å²) in [6.45, 7) is 2.57. The van der Waals surface area contributed by atoms with Gasteiger partial charge < -0.3 is 10.1 Å². The van der Waals surface area contributed by atoms with E-state index in [0.717, 1.165) is 0 Å². The summed E-state index contributed by atoms with van der Waals surface area (Å²) in [6, 6.07) is 0. The van der Waals surface area contributed by atoms with Gasteiger partial charge in [-0.15, -0.1) is 0 Å². The predicted octanol–water partition coefficient (Wildman–Crippen LogP) is 0.251. The molecule has 0 aromatic heterocycles. The Hall–Kier alpha value is -0.640. The highest BCUT2D eigenvalue weighted by Crippen LogP contribution is 2.21. The molecule has 0 bridgehead atoms. The first-order valence-corrected chi connectivity index (χ1v) is 3.71.